The van der Waals surface area contributed by atoms with Crippen molar-refractivity contribution in [2.24, 2.45) is 4.99 Å². The van der Waals surface area contributed by atoms with Gasteiger partial charge in [0.25, 0.3) is 0 Å². The molecule has 1 aliphatic rings. The second-order valence-electron chi connectivity index (χ2n) is 7.87. The summed E-state index contributed by atoms with van der Waals surface area (Å²) in [6, 6.07) is 12.6. The number of benzene rings is 2. The van der Waals surface area contributed by atoms with Crippen molar-refractivity contribution in [3.8, 4) is 17.2 Å². The van der Waals surface area contributed by atoms with Crippen LogP contribution in [0.3, 0.4) is 0 Å². The monoisotopic (exact) mass is 568 g/mol. The van der Waals surface area contributed by atoms with Gasteiger partial charge in [0.1, 0.15) is 5.75 Å². The van der Waals surface area contributed by atoms with E-state index in [0.29, 0.717) is 23.8 Å². The summed E-state index contributed by atoms with van der Waals surface area (Å²) in [7, 11) is 4.89. The number of methoxy groups -OCH3 is 3. The molecule has 0 saturated carbocycles. The van der Waals surface area contributed by atoms with Crippen LogP contribution in [0.15, 0.2) is 41.4 Å². The molecule has 2 aromatic carbocycles. The molecule has 33 heavy (non-hydrogen) atoms. The van der Waals surface area contributed by atoms with Crippen LogP contribution < -0.4 is 29.7 Å². The third-order valence-corrected chi connectivity index (χ3v) is 5.73. The van der Waals surface area contributed by atoms with E-state index < -0.39 is 0 Å². The fourth-order valence-corrected chi connectivity index (χ4v) is 3.95. The standard InChI is InChI=1S/C25H36N4O3.HI/c1-6-26-25(27-17-20-15-23(31-4)24(32-5)16-22(20)30-3)28-18(2)19-10-9-11-21(14-19)29-12-7-8-13-29;/h9-11,14-16,18H,6-8,12-13,17H2,1-5H3,(H2,26,27,28);1H. The van der Waals surface area contributed by atoms with E-state index in [4.69, 9.17) is 19.2 Å². The van der Waals surface area contributed by atoms with E-state index in [1.54, 1.807) is 21.3 Å². The molecular weight excluding hydrogens is 531 g/mol. The van der Waals surface area contributed by atoms with E-state index >= 15 is 0 Å². The Bertz CT molecular complexity index is 917. The lowest BCUT2D eigenvalue weighted by Gasteiger charge is -2.22. The van der Waals surface area contributed by atoms with Gasteiger partial charge in [-0.25, -0.2) is 4.99 Å². The molecule has 0 spiro atoms. The number of aliphatic imine (C=N–C) groups is 1. The Hall–Kier alpha value is -2.36. The maximum Gasteiger partial charge on any atom is 0.192 e. The molecule has 3 rings (SSSR count). The molecule has 0 bridgehead atoms. The molecule has 2 N–H and O–H groups in total. The van der Waals surface area contributed by atoms with Gasteiger partial charge >= 0.3 is 0 Å². The molecule has 2 aromatic rings. The van der Waals surface area contributed by atoms with Crippen LogP contribution in [0.5, 0.6) is 17.2 Å². The fourth-order valence-electron chi connectivity index (χ4n) is 3.95. The van der Waals surface area contributed by atoms with Crippen LogP contribution in [-0.2, 0) is 6.54 Å². The first-order valence-electron chi connectivity index (χ1n) is 11.3. The van der Waals surface area contributed by atoms with Crippen LogP contribution in [0.1, 0.15) is 43.9 Å². The first kappa shape index (κ1) is 26.9. The van der Waals surface area contributed by atoms with Gasteiger partial charge in [-0.3, -0.25) is 0 Å². The van der Waals surface area contributed by atoms with Crippen LogP contribution in [0, 0.1) is 0 Å². The molecular formula is C25H37IN4O3. The summed E-state index contributed by atoms with van der Waals surface area (Å²) in [6.45, 7) is 7.72. The lowest BCUT2D eigenvalue weighted by Crippen LogP contribution is -2.38. The van der Waals surface area contributed by atoms with Crippen LogP contribution in [0.25, 0.3) is 0 Å². The van der Waals surface area contributed by atoms with E-state index in [0.717, 1.165) is 31.2 Å². The minimum absolute atomic E-state index is 0. The molecule has 1 atom stereocenters. The molecule has 7 nitrogen and oxygen atoms in total. The minimum atomic E-state index is 0. The van der Waals surface area contributed by atoms with Gasteiger partial charge in [-0.1, -0.05) is 12.1 Å². The van der Waals surface area contributed by atoms with E-state index in [2.05, 4.69) is 53.6 Å². The molecule has 1 saturated heterocycles. The van der Waals surface area contributed by atoms with Crippen LogP contribution in [0.4, 0.5) is 5.69 Å². The number of rotatable bonds is 9. The molecule has 1 aliphatic heterocycles. The summed E-state index contributed by atoms with van der Waals surface area (Å²) in [5, 5.41) is 6.88. The topological polar surface area (TPSA) is 67.4 Å². The largest absolute Gasteiger partial charge is 0.496 e. The van der Waals surface area contributed by atoms with Crippen LogP contribution >= 0.6 is 24.0 Å². The highest BCUT2D eigenvalue weighted by Crippen LogP contribution is 2.35. The Balaban J connectivity index is 0.00000385. The van der Waals surface area contributed by atoms with Gasteiger partial charge < -0.3 is 29.7 Å². The van der Waals surface area contributed by atoms with Gasteiger partial charge in [0, 0.05) is 37.0 Å². The summed E-state index contributed by atoms with van der Waals surface area (Å²) in [4.78, 5) is 7.25. The lowest BCUT2D eigenvalue weighted by atomic mass is 10.1. The number of nitrogens with one attached hydrogen (secondary N) is 2. The fraction of sp³-hybridized carbons (Fsp3) is 0.480. The van der Waals surface area contributed by atoms with Crippen LogP contribution in [-0.4, -0.2) is 46.9 Å². The first-order chi connectivity index (χ1) is 15.6. The van der Waals surface area contributed by atoms with Crippen molar-refractivity contribution < 1.29 is 14.2 Å². The van der Waals surface area contributed by atoms with Crippen molar-refractivity contribution in [3.63, 3.8) is 0 Å². The van der Waals surface area contributed by atoms with Crippen molar-refractivity contribution in [1.29, 1.82) is 0 Å². The van der Waals surface area contributed by atoms with Gasteiger partial charge in [0.15, 0.2) is 17.5 Å². The summed E-state index contributed by atoms with van der Waals surface area (Å²) >= 11 is 0. The van der Waals surface area contributed by atoms with E-state index in [1.165, 1.54) is 24.1 Å². The lowest BCUT2D eigenvalue weighted by molar-refractivity contribution is 0.347. The Labute approximate surface area is 214 Å². The molecule has 1 fully saturated rings. The Morgan fingerprint density at radius 2 is 1.67 bits per heavy atom. The zero-order chi connectivity index (χ0) is 22.9. The average Bonchev–Trinajstić information content (AvgIpc) is 3.37. The van der Waals surface area contributed by atoms with Gasteiger partial charge in [-0.15, -0.1) is 24.0 Å². The molecule has 0 amide bonds. The highest BCUT2D eigenvalue weighted by molar-refractivity contribution is 14.0. The summed E-state index contributed by atoms with van der Waals surface area (Å²) in [5.74, 6) is 2.76. The third kappa shape index (κ3) is 7.06. The summed E-state index contributed by atoms with van der Waals surface area (Å²) in [5.41, 5.74) is 3.46. The predicted molar refractivity (Wildman–Crippen MR) is 146 cm³/mol. The maximum atomic E-state index is 5.54. The number of ether oxygens (including phenoxy) is 3. The van der Waals surface area contributed by atoms with Crippen molar-refractivity contribution >= 4 is 35.6 Å². The molecule has 182 valence electrons. The number of hydrogen-bond acceptors (Lipinski definition) is 5. The quantitative estimate of drug-likeness (QED) is 0.259. The van der Waals surface area contributed by atoms with Crippen LogP contribution in [0.2, 0.25) is 0 Å². The molecule has 0 aliphatic carbocycles. The molecule has 0 aromatic heterocycles. The molecule has 0 radical (unpaired) electrons. The van der Waals surface area contributed by atoms with Gasteiger partial charge in [-0.2, -0.15) is 0 Å². The first-order valence-corrected chi connectivity index (χ1v) is 11.3. The normalized spacial score (nSPS) is 14.3. The predicted octanol–water partition coefficient (Wildman–Crippen LogP) is 4.75. The number of hydrogen-bond donors (Lipinski definition) is 2. The van der Waals surface area contributed by atoms with Gasteiger partial charge in [0.05, 0.1) is 33.9 Å². The average molecular weight is 569 g/mol. The van der Waals surface area contributed by atoms with Crippen molar-refractivity contribution in [3.05, 3.63) is 47.5 Å². The second kappa shape index (κ2) is 13.4. The van der Waals surface area contributed by atoms with Crippen molar-refractivity contribution in [2.45, 2.75) is 39.3 Å². The maximum absolute atomic E-state index is 5.54. The third-order valence-electron chi connectivity index (χ3n) is 5.73. The highest BCUT2D eigenvalue weighted by Gasteiger charge is 2.15. The number of anilines is 1. The zero-order valence-corrected chi connectivity index (χ0v) is 22.6. The summed E-state index contributed by atoms with van der Waals surface area (Å²) < 4.78 is 16.4. The van der Waals surface area contributed by atoms with E-state index in [-0.39, 0.29) is 30.0 Å². The number of nitrogens with zero attached hydrogens (tertiary/aromatic N) is 2. The second-order valence-corrected chi connectivity index (χ2v) is 7.87. The van der Waals surface area contributed by atoms with Crippen molar-refractivity contribution in [1.82, 2.24) is 10.6 Å². The Morgan fingerprint density at radius 1 is 1.00 bits per heavy atom. The van der Waals surface area contributed by atoms with E-state index in [9.17, 15) is 0 Å². The Kier molecular flexibility index (Phi) is 10.9. The summed E-state index contributed by atoms with van der Waals surface area (Å²) in [6.07, 6.45) is 2.55. The molecule has 1 heterocycles. The molecule has 8 heteroatoms. The van der Waals surface area contributed by atoms with Crippen molar-refractivity contribution in [2.75, 3.05) is 45.9 Å². The van der Waals surface area contributed by atoms with E-state index in [1.807, 2.05) is 12.1 Å². The van der Waals surface area contributed by atoms with Gasteiger partial charge in [0.2, 0.25) is 0 Å². The minimum Gasteiger partial charge on any atom is -0.496 e. The number of halogens is 1. The number of guanidine groups is 1. The highest BCUT2D eigenvalue weighted by atomic mass is 127. The molecule has 1 unspecified atom stereocenters. The zero-order valence-electron chi connectivity index (χ0n) is 20.3. The SMILES string of the molecule is CCNC(=NCc1cc(OC)c(OC)cc1OC)NC(C)c1cccc(N2CCCC2)c1.I. The smallest absolute Gasteiger partial charge is 0.192 e. The van der Waals surface area contributed by atoms with Gasteiger partial charge in [-0.05, 0) is 50.5 Å². The Morgan fingerprint density at radius 3 is 2.30 bits per heavy atom.